The first-order chi connectivity index (χ1) is 10.2. The Morgan fingerprint density at radius 1 is 1.62 bits per heavy atom. The molecule has 5 nitrogen and oxygen atoms in total. The first-order valence-electron chi connectivity index (χ1n) is 7.43. The first kappa shape index (κ1) is 17.8. The van der Waals surface area contributed by atoms with E-state index < -0.39 is 0 Å². The first-order valence-corrected chi connectivity index (χ1v) is 11.0. The molecule has 3 atom stereocenters. The van der Waals surface area contributed by atoms with Gasteiger partial charge in [-0.05, 0) is 0 Å². The summed E-state index contributed by atoms with van der Waals surface area (Å²) in [4.78, 5) is 0. The number of alkyl halides is 1. The quantitative estimate of drug-likeness (QED) is 0.137. The summed E-state index contributed by atoms with van der Waals surface area (Å²) >= 11 is 2.12. The number of nitrogens with zero attached hydrogens (tertiary/aromatic N) is 2. The molecule has 0 aromatic rings. The normalized spacial score (nSPS) is 32.7. The third kappa shape index (κ3) is 5.22. The van der Waals surface area contributed by atoms with Crippen molar-refractivity contribution in [2.24, 2.45) is 17.6 Å². The molecule has 1 heterocycles. The Morgan fingerprint density at radius 2 is 2.43 bits per heavy atom. The van der Waals surface area contributed by atoms with Crippen LogP contribution in [0.25, 0.3) is 0 Å². The SMILES string of the molecule is CCN(/C=C(\N)[C@@H]1/C=C/CC[I-]N(CO)[C@H]2C[C@H]2C1)NI. The molecule has 1 aliphatic carbocycles. The van der Waals surface area contributed by atoms with Crippen LogP contribution in [0.5, 0.6) is 0 Å². The molecule has 122 valence electrons. The van der Waals surface area contributed by atoms with Gasteiger partial charge in [0.1, 0.15) is 0 Å². The van der Waals surface area contributed by atoms with E-state index in [0.29, 0.717) is 17.9 Å². The zero-order valence-corrected chi connectivity index (χ0v) is 16.7. The van der Waals surface area contributed by atoms with Gasteiger partial charge in [-0.1, -0.05) is 0 Å². The summed E-state index contributed by atoms with van der Waals surface area (Å²) in [7, 11) is 0. The van der Waals surface area contributed by atoms with Crippen molar-refractivity contribution in [1.82, 2.24) is 11.8 Å². The van der Waals surface area contributed by atoms with Crippen molar-refractivity contribution in [3.8, 4) is 0 Å². The molecule has 1 fully saturated rings. The number of hydrogen-bond acceptors (Lipinski definition) is 5. The second-order valence-corrected chi connectivity index (χ2v) is 8.95. The Morgan fingerprint density at radius 3 is 3.10 bits per heavy atom. The second kappa shape index (κ2) is 8.90. The molecule has 21 heavy (non-hydrogen) atoms. The molecular formula is C14H25I2N4O-. The summed E-state index contributed by atoms with van der Waals surface area (Å²) in [6.07, 6.45) is 10.0. The summed E-state index contributed by atoms with van der Waals surface area (Å²) in [6, 6.07) is 0.606. The van der Waals surface area contributed by atoms with Gasteiger partial charge in [-0.2, -0.15) is 0 Å². The van der Waals surface area contributed by atoms with Crippen LogP contribution in [0.15, 0.2) is 24.0 Å². The molecular weight excluding hydrogens is 494 g/mol. The number of hydrogen-bond donors (Lipinski definition) is 3. The van der Waals surface area contributed by atoms with E-state index in [1.807, 2.05) is 11.2 Å². The van der Waals surface area contributed by atoms with E-state index in [-0.39, 0.29) is 28.2 Å². The second-order valence-electron chi connectivity index (χ2n) is 5.47. The molecule has 2 aliphatic rings. The van der Waals surface area contributed by atoms with Crippen LogP contribution in [0, 0.1) is 11.8 Å². The van der Waals surface area contributed by atoms with E-state index in [1.165, 1.54) is 10.8 Å². The molecule has 0 unspecified atom stereocenters. The minimum absolute atomic E-state index is 0.00796. The van der Waals surface area contributed by atoms with Crippen molar-refractivity contribution in [3.05, 3.63) is 24.0 Å². The molecule has 0 saturated heterocycles. The van der Waals surface area contributed by atoms with Crippen LogP contribution in [-0.4, -0.2) is 37.0 Å². The van der Waals surface area contributed by atoms with Crippen molar-refractivity contribution in [1.29, 1.82) is 0 Å². The number of halogens is 2. The predicted molar refractivity (Wildman–Crippen MR) is 89.4 cm³/mol. The predicted octanol–water partition coefficient (Wildman–Crippen LogP) is -1.43. The fourth-order valence-electron chi connectivity index (χ4n) is 2.64. The van der Waals surface area contributed by atoms with Gasteiger partial charge in [0.15, 0.2) is 0 Å². The van der Waals surface area contributed by atoms with Gasteiger partial charge in [-0.25, -0.2) is 0 Å². The van der Waals surface area contributed by atoms with Crippen LogP contribution >= 0.6 is 22.9 Å². The van der Waals surface area contributed by atoms with Gasteiger partial charge in [-0.3, -0.25) is 0 Å². The molecule has 0 bridgehead atoms. The zero-order chi connectivity index (χ0) is 15.2. The van der Waals surface area contributed by atoms with E-state index in [1.54, 1.807) is 0 Å². The number of nitrogens with two attached hydrogens (primary N) is 1. The van der Waals surface area contributed by atoms with Gasteiger partial charge in [-0.15, -0.1) is 0 Å². The van der Waals surface area contributed by atoms with Gasteiger partial charge in [0.05, 0.1) is 0 Å². The maximum atomic E-state index is 9.51. The number of hydrazine groups is 1. The molecule has 4 N–H and O–H groups in total. The van der Waals surface area contributed by atoms with Crippen LogP contribution in [-0.2, 0) is 0 Å². The van der Waals surface area contributed by atoms with Crippen molar-refractivity contribution in [2.75, 3.05) is 17.7 Å². The van der Waals surface area contributed by atoms with Gasteiger partial charge < -0.3 is 0 Å². The molecule has 0 amide bonds. The van der Waals surface area contributed by atoms with Crippen LogP contribution in [0.3, 0.4) is 0 Å². The number of aliphatic hydroxyl groups is 1. The summed E-state index contributed by atoms with van der Waals surface area (Å²) in [5.74, 6) is 1.01. The molecule has 1 saturated carbocycles. The van der Waals surface area contributed by atoms with Crippen LogP contribution in [0.4, 0.5) is 0 Å². The van der Waals surface area contributed by atoms with Crippen LogP contribution < -0.4 is 30.9 Å². The fraction of sp³-hybridized carbons (Fsp3) is 0.714. The number of nitrogens with one attached hydrogen (secondary N) is 1. The Labute approximate surface area is 152 Å². The Kier molecular flexibility index (Phi) is 7.53. The van der Waals surface area contributed by atoms with Crippen molar-refractivity contribution in [2.45, 2.75) is 32.2 Å². The minimum atomic E-state index is -0.00796. The van der Waals surface area contributed by atoms with Crippen molar-refractivity contribution in [3.63, 3.8) is 0 Å². The molecule has 2 rings (SSSR count). The van der Waals surface area contributed by atoms with Crippen molar-refractivity contribution < 1.29 is 26.6 Å². The van der Waals surface area contributed by atoms with Crippen LogP contribution in [0.1, 0.15) is 26.2 Å². The molecule has 0 aromatic carbocycles. The fourth-order valence-corrected chi connectivity index (χ4v) is 5.79. The van der Waals surface area contributed by atoms with Crippen LogP contribution in [0.2, 0.25) is 0 Å². The van der Waals surface area contributed by atoms with E-state index >= 15 is 0 Å². The van der Waals surface area contributed by atoms with Gasteiger partial charge in [0, 0.05) is 0 Å². The number of aliphatic hydroxyl groups excluding tert-OH is 1. The zero-order valence-electron chi connectivity index (χ0n) is 12.4. The monoisotopic (exact) mass is 519 g/mol. The van der Waals surface area contributed by atoms with E-state index in [2.05, 4.69) is 48.7 Å². The van der Waals surface area contributed by atoms with E-state index in [0.717, 1.165) is 25.1 Å². The molecule has 7 heteroatoms. The summed E-state index contributed by atoms with van der Waals surface area (Å²) in [5.41, 5.74) is 7.25. The number of rotatable bonds is 5. The third-order valence-electron chi connectivity index (χ3n) is 4.00. The van der Waals surface area contributed by atoms with Gasteiger partial charge in [0.2, 0.25) is 0 Å². The third-order valence-corrected chi connectivity index (χ3v) is 7.62. The number of fused-ring (bicyclic) bond motifs is 1. The molecule has 0 aromatic heterocycles. The molecule has 1 aliphatic heterocycles. The average molecular weight is 519 g/mol. The Bertz CT molecular complexity index is 387. The molecule has 0 spiro atoms. The summed E-state index contributed by atoms with van der Waals surface area (Å²) in [6.45, 7) is 3.21. The number of allylic oxidation sites excluding steroid dienone is 2. The van der Waals surface area contributed by atoms with Gasteiger partial charge in [0.25, 0.3) is 0 Å². The average Bonchev–Trinajstić information content (AvgIpc) is 3.26. The standard InChI is InChI=1S/C14H25I2N4O/c1-2-19(18-15)9-13(17)11-5-3-4-6-16-20(10-21)14-8-12(14)7-11/h3,5,9,11-12,14,18,21H,2,4,6-8,10,17H2,1H3/q-1/b5-3+,13-9-/t11-,12-,14+/m1/s1. The Balaban J connectivity index is 2.04. The topological polar surface area (TPSA) is 64.8 Å². The van der Waals surface area contributed by atoms with E-state index in [9.17, 15) is 5.11 Å². The summed E-state index contributed by atoms with van der Waals surface area (Å²) < 4.78 is 6.63. The maximum absolute atomic E-state index is 9.51. The van der Waals surface area contributed by atoms with E-state index in [4.69, 9.17) is 5.73 Å². The van der Waals surface area contributed by atoms with Gasteiger partial charge >= 0.3 is 153 Å². The Hall–Kier alpha value is 0.420. The van der Waals surface area contributed by atoms with Crippen molar-refractivity contribution >= 4 is 22.9 Å². The molecule has 0 radical (unpaired) electrons. The summed E-state index contributed by atoms with van der Waals surface area (Å²) in [5, 5.41) is 11.5.